The molecule has 1 aliphatic rings. The van der Waals surface area contributed by atoms with E-state index in [9.17, 15) is 4.79 Å². The molecule has 2 aromatic carbocycles. The molecule has 4 aromatic rings. The molecule has 0 unspecified atom stereocenters. The largest absolute Gasteiger partial charge is 0.485 e. The Labute approximate surface area is 147 Å². The van der Waals surface area contributed by atoms with Gasteiger partial charge < -0.3 is 4.74 Å². The van der Waals surface area contributed by atoms with Crippen LogP contribution in [-0.4, -0.2) is 15.5 Å². The van der Waals surface area contributed by atoms with Gasteiger partial charge in [0.05, 0.1) is 15.6 Å². The summed E-state index contributed by atoms with van der Waals surface area (Å²) in [7, 11) is 0. The van der Waals surface area contributed by atoms with Gasteiger partial charge in [-0.25, -0.2) is 9.38 Å². The zero-order valence-corrected chi connectivity index (χ0v) is 14.3. The van der Waals surface area contributed by atoms with Gasteiger partial charge in [-0.05, 0) is 42.8 Å². The smallest absolute Gasteiger partial charge is 0.274 e. The highest BCUT2D eigenvalue weighted by atomic mass is 32.1. The highest BCUT2D eigenvalue weighted by Crippen LogP contribution is 2.29. The van der Waals surface area contributed by atoms with Gasteiger partial charge in [0.25, 0.3) is 5.56 Å². The van der Waals surface area contributed by atoms with Gasteiger partial charge in [0.1, 0.15) is 11.9 Å². The molecular weight excluding hydrogens is 332 g/mol. The molecule has 0 fully saturated rings. The van der Waals surface area contributed by atoms with E-state index in [0.29, 0.717) is 4.53 Å². The van der Waals surface area contributed by atoms with Crippen molar-refractivity contribution in [2.24, 2.45) is 0 Å². The van der Waals surface area contributed by atoms with Crippen molar-refractivity contribution in [1.82, 2.24) is 9.38 Å². The molecule has 3 heterocycles. The van der Waals surface area contributed by atoms with Gasteiger partial charge in [0, 0.05) is 5.56 Å². The summed E-state index contributed by atoms with van der Waals surface area (Å²) in [6.45, 7) is 2.00. The molecule has 122 valence electrons. The summed E-state index contributed by atoms with van der Waals surface area (Å²) in [6, 6.07) is 15.6. The highest BCUT2D eigenvalue weighted by molar-refractivity contribution is 7.15. The van der Waals surface area contributed by atoms with Crippen LogP contribution in [-0.2, 0) is 0 Å². The van der Waals surface area contributed by atoms with Crippen molar-refractivity contribution in [3.05, 3.63) is 74.6 Å². The lowest BCUT2D eigenvalue weighted by molar-refractivity contribution is 0.259. The van der Waals surface area contributed by atoms with Crippen LogP contribution in [0.3, 0.4) is 0 Å². The second-order valence-corrected chi connectivity index (χ2v) is 7.09. The van der Waals surface area contributed by atoms with Crippen LogP contribution in [0.1, 0.15) is 12.5 Å². The van der Waals surface area contributed by atoms with Crippen LogP contribution in [0.2, 0.25) is 0 Å². The van der Waals surface area contributed by atoms with Crippen LogP contribution in [0.15, 0.2) is 58.9 Å². The van der Waals surface area contributed by atoms with Gasteiger partial charge in [-0.2, -0.15) is 0 Å². The van der Waals surface area contributed by atoms with Gasteiger partial charge in [0.15, 0.2) is 4.96 Å². The third-order valence-electron chi connectivity index (χ3n) is 4.46. The number of hydrogen-bond donors (Lipinski definition) is 0. The summed E-state index contributed by atoms with van der Waals surface area (Å²) in [4.78, 5) is 18.1. The fourth-order valence-corrected chi connectivity index (χ4v) is 4.17. The Hall–Kier alpha value is -2.92. The van der Waals surface area contributed by atoms with Gasteiger partial charge in [-0.1, -0.05) is 41.7 Å². The molecule has 2 aromatic heterocycles. The molecule has 1 atom stereocenters. The number of ether oxygens (including phenoxy) is 1. The topological polar surface area (TPSA) is 43.6 Å². The number of benzene rings is 2. The lowest BCUT2D eigenvalue weighted by atomic mass is 10.0. The maximum Gasteiger partial charge on any atom is 0.274 e. The first-order valence-corrected chi connectivity index (χ1v) is 8.91. The van der Waals surface area contributed by atoms with Crippen molar-refractivity contribution in [3.8, 4) is 5.75 Å². The summed E-state index contributed by atoms with van der Waals surface area (Å²) in [5.41, 5.74) is 3.70. The van der Waals surface area contributed by atoms with E-state index in [1.54, 1.807) is 4.40 Å². The lowest BCUT2D eigenvalue weighted by Gasteiger charge is -2.22. The minimum Gasteiger partial charge on any atom is -0.485 e. The van der Waals surface area contributed by atoms with E-state index in [-0.39, 0.29) is 11.7 Å². The van der Waals surface area contributed by atoms with Crippen molar-refractivity contribution in [2.75, 3.05) is 0 Å². The first kappa shape index (κ1) is 14.4. The standard InChI is InChI=1S/C20H14N2O2S/c1-12-14(10-13-6-2-5-9-17(13)24-12)11-18-19(23)22-16-8-4-3-7-15(16)21-20(22)25-18/h2-12H,1H3/b18-11-/t12-/m0/s1. The Morgan fingerprint density at radius 2 is 1.96 bits per heavy atom. The molecular formula is C20H14N2O2S. The predicted octanol–water partition coefficient (Wildman–Crippen LogP) is 3.27. The minimum atomic E-state index is -0.0968. The molecule has 0 bridgehead atoms. The van der Waals surface area contributed by atoms with Crippen molar-refractivity contribution in [1.29, 1.82) is 0 Å². The first-order chi connectivity index (χ1) is 12.2. The maximum atomic E-state index is 12.9. The number of hydrogen-bond acceptors (Lipinski definition) is 4. The Balaban J connectivity index is 1.72. The molecule has 0 aliphatic carbocycles. The molecule has 0 saturated heterocycles. The summed E-state index contributed by atoms with van der Waals surface area (Å²) in [6.07, 6.45) is 3.92. The Morgan fingerprint density at radius 3 is 2.88 bits per heavy atom. The van der Waals surface area contributed by atoms with Crippen LogP contribution in [0.25, 0.3) is 28.1 Å². The van der Waals surface area contributed by atoms with E-state index in [2.05, 4.69) is 11.1 Å². The van der Waals surface area contributed by atoms with Crippen LogP contribution in [0.4, 0.5) is 0 Å². The molecule has 5 heteroatoms. The fourth-order valence-electron chi connectivity index (χ4n) is 3.18. The van der Waals surface area contributed by atoms with Gasteiger partial charge in [0.2, 0.25) is 0 Å². The molecule has 0 amide bonds. The SMILES string of the molecule is C[C@@H]1Oc2ccccc2C=C1/C=c1\sc2nc3ccccc3n2c1=O. The van der Waals surface area contributed by atoms with E-state index < -0.39 is 0 Å². The molecule has 0 N–H and O–H groups in total. The van der Waals surface area contributed by atoms with E-state index in [4.69, 9.17) is 4.74 Å². The van der Waals surface area contributed by atoms with Gasteiger partial charge in [-0.3, -0.25) is 4.79 Å². The molecule has 1 aliphatic heterocycles. The van der Waals surface area contributed by atoms with Crippen molar-refractivity contribution in [2.45, 2.75) is 13.0 Å². The monoisotopic (exact) mass is 346 g/mol. The van der Waals surface area contributed by atoms with Crippen molar-refractivity contribution >= 4 is 39.5 Å². The average Bonchev–Trinajstić information content (AvgIpc) is 3.12. The van der Waals surface area contributed by atoms with Gasteiger partial charge in [-0.15, -0.1) is 0 Å². The first-order valence-electron chi connectivity index (χ1n) is 8.10. The van der Waals surface area contributed by atoms with Crippen LogP contribution >= 0.6 is 11.3 Å². The van der Waals surface area contributed by atoms with Gasteiger partial charge >= 0.3 is 0 Å². The molecule has 0 saturated carbocycles. The average molecular weight is 346 g/mol. The Kier molecular flexibility index (Phi) is 3.05. The number of aromatic nitrogens is 2. The van der Waals surface area contributed by atoms with E-state index >= 15 is 0 Å². The number of rotatable bonds is 1. The van der Waals surface area contributed by atoms with E-state index in [1.165, 1.54) is 11.3 Å². The van der Waals surface area contributed by atoms with E-state index in [1.807, 2.05) is 61.5 Å². The summed E-state index contributed by atoms with van der Waals surface area (Å²) < 4.78 is 8.33. The van der Waals surface area contributed by atoms with Crippen LogP contribution < -0.4 is 14.8 Å². The normalized spacial score (nSPS) is 17.6. The summed E-state index contributed by atoms with van der Waals surface area (Å²) in [5, 5.41) is 0. The second-order valence-electron chi connectivity index (χ2n) is 6.08. The number of thiazole rings is 1. The second kappa shape index (κ2) is 5.29. The number of fused-ring (bicyclic) bond motifs is 4. The Bertz CT molecular complexity index is 1270. The van der Waals surface area contributed by atoms with Crippen molar-refractivity contribution < 1.29 is 4.74 Å². The molecule has 5 rings (SSSR count). The van der Waals surface area contributed by atoms with Crippen LogP contribution in [0.5, 0.6) is 5.75 Å². The Morgan fingerprint density at radius 1 is 1.16 bits per heavy atom. The molecule has 0 radical (unpaired) electrons. The predicted molar refractivity (Wildman–Crippen MR) is 101 cm³/mol. The van der Waals surface area contributed by atoms with Crippen LogP contribution in [0, 0.1) is 0 Å². The summed E-state index contributed by atoms with van der Waals surface area (Å²) in [5.74, 6) is 0.876. The lowest BCUT2D eigenvalue weighted by Crippen LogP contribution is -2.25. The van der Waals surface area contributed by atoms with Crippen molar-refractivity contribution in [3.63, 3.8) is 0 Å². The zero-order chi connectivity index (χ0) is 17.0. The fraction of sp³-hybridized carbons (Fsp3) is 0.100. The number of para-hydroxylation sites is 3. The molecule has 4 nitrogen and oxygen atoms in total. The number of imidazole rings is 1. The third kappa shape index (κ3) is 2.20. The minimum absolute atomic E-state index is 0.0272. The van der Waals surface area contributed by atoms with E-state index in [0.717, 1.165) is 32.9 Å². The maximum absolute atomic E-state index is 12.9. The number of nitrogens with zero attached hydrogens (tertiary/aromatic N) is 2. The third-order valence-corrected chi connectivity index (χ3v) is 5.43. The summed E-state index contributed by atoms with van der Waals surface area (Å²) >= 11 is 1.41. The molecule has 25 heavy (non-hydrogen) atoms. The zero-order valence-electron chi connectivity index (χ0n) is 13.5. The highest BCUT2D eigenvalue weighted by Gasteiger charge is 2.18. The quantitative estimate of drug-likeness (QED) is 0.531. The molecule has 0 spiro atoms.